The van der Waals surface area contributed by atoms with Crippen molar-refractivity contribution in [2.45, 2.75) is 32.3 Å². The van der Waals surface area contributed by atoms with Crippen molar-refractivity contribution in [3.63, 3.8) is 0 Å². The summed E-state index contributed by atoms with van der Waals surface area (Å²) < 4.78 is 6.21. The number of anilines is 1. The van der Waals surface area contributed by atoms with Crippen molar-refractivity contribution in [3.8, 4) is 0 Å². The summed E-state index contributed by atoms with van der Waals surface area (Å²) in [6.45, 7) is 10.6. The molecule has 0 radical (unpaired) electrons. The molecule has 1 fully saturated rings. The first-order chi connectivity index (χ1) is 11.9. The smallest absolute Gasteiger partial charge is 0.184 e. The Morgan fingerprint density at radius 3 is 2.36 bits per heavy atom. The molecular weight excluding hydrogens is 324 g/mol. The molecule has 0 aliphatic carbocycles. The first-order valence-electron chi connectivity index (χ1n) is 9.16. The fraction of sp³-hybridized carbons (Fsp3) is 0.429. The van der Waals surface area contributed by atoms with Crippen LogP contribution in [0.4, 0.5) is 5.69 Å². The highest BCUT2D eigenvalue weighted by Crippen LogP contribution is 2.33. The molecule has 1 heterocycles. The summed E-state index contributed by atoms with van der Waals surface area (Å²) in [6, 6.07) is 20.0. The topological polar surface area (TPSA) is 15.7 Å². The van der Waals surface area contributed by atoms with Gasteiger partial charge < -0.3 is 14.2 Å². The molecule has 1 aliphatic heterocycles. The van der Waals surface area contributed by atoms with Crippen LogP contribution >= 0.6 is 0 Å². The molecule has 1 unspecified atom stereocenters. The number of benzene rings is 2. The predicted molar refractivity (Wildman–Crippen MR) is 109 cm³/mol. The molecule has 1 saturated heterocycles. The van der Waals surface area contributed by atoms with Crippen LogP contribution in [0.15, 0.2) is 54.6 Å². The van der Waals surface area contributed by atoms with Crippen LogP contribution in [0.2, 0.25) is 19.6 Å². The summed E-state index contributed by atoms with van der Waals surface area (Å²) in [6.07, 6.45) is 0. The lowest BCUT2D eigenvalue weighted by Gasteiger charge is -2.42. The first-order valence-corrected chi connectivity index (χ1v) is 12.6. The van der Waals surface area contributed by atoms with Crippen LogP contribution in [0.1, 0.15) is 17.2 Å². The molecule has 0 amide bonds. The highest BCUT2D eigenvalue weighted by atomic mass is 28.4. The second kappa shape index (κ2) is 7.73. The standard InChI is InChI=1S/C21H30N2OSi/c1-22-14-15-23(21(16-22)18-10-6-5-7-11-18)20-13-9-8-12-19(20)17-24-25(2,3)4/h5-13,21H,14-17H2,1-4H3. The molecule has 3 nitrogen and oxygen atoms in total. The van der Waals surface area contributed by atoms with Gasteiger partial charge in [0.2, 0.25) is 0 Å². The van der Waals surface area contributed by atoms with Gasteiger partial charge in [-0.15, -0.1) is 0 Å². The van der Waals surface area contributed by atoms with Crippen LogP contribution in [-0.4, -0.2) is 39.9 Å². The summed E-state index contributed by atoms with van der Waals surface area (Å²) in [4.78, 5) is 4.99. The zero-order valence-corrected chi connectivity index (χ0v) is 16.9. The van der Waals surface area contributed by atoms with E-state index in [2.05, 4.69) is 91.1 Å². The van der Waals surface area contributed by atoms with E-state index in [1.165, 1.54) is 16.8 Å². The lowest BCUT2D eigenvalue weighted by Crippen LogP contribution is -2.47. The Balaban J connectivity index is 1.90. The number of para-hydroxylation sites is 1. The zero-order chi connectivity index (χ0) is 17.9. The third-order valence-electron chi connectivity index (χ3n) is 4.73. The molecule has 1 aliphatic rings. The van der Waals surface area contributed by atoms with E-state index in [1.54, 1.807) is 0 Å². The molecular formula is C21H30N2OSi. The Morgan fingerprint density at radius 1 is 0.960 bits per heavy atom. The van der Waals surface area contributed by atoms with Crippen molar-refractivity contribution < 1.29 is 4.43 Å². The van der Waals surface area contributed by atoms with E-state index in [4.69, 9.17) is 4.43 Å². The monoisotopic (exact) mass is 354 g/mol. The quantitative estimate of drug-likeness (QED) is 0.734. The van der Waals surface area contributed by atoms with Crippen molar-refractivity contribution in [1.82, 2.24) is 4.90 Å². The maximum atomic E-state index is 6.21. The van der Waals surface area contributed by atoms with Crippen molar-refractivity contribution in [3.05, 3.63) is 65.7 Å². The van der Waals surface area contributed by atoms with Gasteiger partial charge in [0, 0.05) is 25.3 Å². The van der Waals surface area contributed by atoms with Crippen LogP contribution < -0.4 is 4.90 Å². The minimum absolute atomic E-state index is 0.382. The predicted octanol–water partition coefficient (Wildman–Crippen LogP) is 4.53. The average Bonchev–Trinajstić information content (AvgIpc) is 2.60. The molecule has 1 atom stereocenters. The van der Waals surface area contributed by atoms with E-state index in [0.717, 1.165) is 19.6 Å². The van der Waals surface area contributed by atoms with E-state index in [0.29, 0.717) is 12.6 Å². The number of hydrogen-bond donors (Lipinski definition) is 0. The summed E-state index contributed by atoms with van der Waals surface area (Å²) in [5.41, 5.74) is 4.01. The van der Waals surface area contributed by atoms with Crippen molar-refractivity contribution in [2.75, 3.05) is 31.6 Å². The SMILES string of the molecule is CN1CCN(c2ccccc2CO[Si](C)(C)C)C(c2ccccc2)C1. The highest BCUT2D eigenvalue weighted by molar-refractivity contribution is 6.69. The van der Waals surface area contributed by atoms with Gasteiger partial charge >= 0.3 is 0 Å². The van der Waals surface area contributed by atoms with Gasteiger partial charge in [0.05, 0.1) is 12.6 Å². The minimum atomic E-state index is -1.53. The maximum Gasteiger partial charge on any atom is 0.184 e. The van der Waals surface area contributed by atoms with E-state index >= 15 is 0 Å². The molecule has 2 aromatic carbocycles. The second-order valence-corrected chi connectivity index (χ2v) is 12.4. The molecule has 0 N–H and O–H groups in total. The van der Waals surface area contributed by atoms with Gasteiger partial charge in [-0.05, 0) is 43.9 Å². The van der Waals surface area contributed by atoms with E-state index in [9.17, 15) is 0 Å². The molecule has 0 aromatic heterocycles. The maximum absolute atomic E-state index is 6.21. The Kier molecular flexibility index (Phi) is 5.62. The Hall–Kier alpha value is -1.62. The highest BCUT2D eigenvalue weighted by Gasteiger charge is 2.28. The number of hydrogen-bond acceptors (Lipinski definition) is 3. The van der Waals surface area contributed by atoms with Gasteiger partial charge in [-0.3, -0.25) is 0 Å². The van der Waals surface area contributed by atoms with E-state index in [1.807, 2.05) is 0 Å². The second-order valence-electron chi connectivity index (χ2n) is 7.91. The van der Waals surface area contributed by atoms with Crippen LogP contribution in [0.3, 0.4) is 0 Å². The first kappa shape index (κ1) is 18.2. The lowest BCUT2D eigenvalue weighted by molar-refractivity contribution is 0.266. The molecule has 0 bridgehead atoms. The Bertz CT molecular complexity index is 684. The molecule has 2 aromatic rings. The fourth-order valence-electron chi connectivity index (χ4n) is 3.38. The summed E-state index contributed by atoms with van der Waals surface area (Å²) in [5, 5.41) is 0. The van der Waals surface area contributed by atoms with Gasteiger partial charge in [0.25, 0.3) is 0 Å². The Labute approximate surface area is 153 Å². The van der Waals surface area contributed by atoms with Gasteiger partial charge in [0.1, 0.15) is 0 Å². The van der Waals surface area contributed by atoms with Crippen molar-refractivity contribution in [1.29, 1.82) is 0 Å². The molecule has 134 valence electrons. The summed E-state index contributed by atoms with van der Waals surface area (Å²) >= 11 is 0. The van der Waals surface area contributed by atoms with Crippen molar-refractivity contribution in [2.24, 2.45) is 0 Å². The largest absolute Gasteiger partial charge is 0.413 e. The van der Waals surface area contributed by atoms with Crippen LogP contribution in [0, 0.1) is 0 Å². The average molecular weight is 355 g/mol. The minimum Gasteiger partial charge on any atom is -0.413 e. The fourth-order valence-corrected chi connectivity index (χ4v) is 3.96. The van der Waals surface area contributed by atoms with Gasteiger partial charge in [0.15, 0.2) is 8.32 Å². The van der Waals surface area contributed by atoms with E-state index < -0.39 is 8.32 Å². The molecule has 0 spiro atoms. The van der Waals surface area contributed by atoms with Crippen LogP contribution in [0.25, 0.3) is 0 Å². The summed E-state index contributed by atoms with van der Waals surface area (Å²) in [5.74, 6) is 0. The zero-order valence-electron chi connectivity index (χ0n) is 15.9. The number of piperazine rings is 1. The number of likely N-dealkylation sites (N-methyl/N-ethyl adjacent to an activating group) is 1. The molecule has 25 heavy (non-hydrogen) atoms. The van der Waals surface area contributed by atoms with Crippen molar-refractivity contribution >= 4 is 14.0 Å². The molecule has 0 saturated carbocycles. The summed E-state index contributed by atoms with van der Waals surface area (Å²) in [7, 11) is 0.685. The number of nitrogens with zero attached hydrogens (tertiary/aromatic N) is 2. The van der Waals surface area contributed by atoms with Crippen LogP contribution in [0.5, 0.6) is 0 Å². The number of rotatable bonds is 5. The molecule has 3 rings (SSSR count). The van der Waals surface area contributed by atoms with Gasteiger partial charge in [-0.2, -0.15) is 0 Å². The Morgan fingerprint density at radius 2 is 1.64 bits per heavy atom. The van der Waals surface area contributed by atoms with Gasteiger partial charge in [-0.25, -0.2) is 0 Å². The van der Waals surface area contributed by atoms with Gasteiger partial charge in [-0.1, -0.05) is 48.5 Å². The normalized spacial score (nSPS) is 19.2. The van der Waals surface area contributed by atoms with Crippen LogP contribution in [-0.2, 0) is 11.0 Å². The third kappa shape index (κ3) is 4.72. The van der Waals surface area contributed by atoms with E-state index in [-0.39, 0.29) is 0 Å². The molecule has 4 heteroatoms. The third-order valence-corrected chi connectivity index (χ3v) is 5.74. The lowest BCUT2D eigenvalue weighted by atomic mass is 10.0.